The highest BCUT2D eigenvalue weighted by atomic mass is 16.3. The van der Waals surface area contributed by atoms with Gasteiger partial charge in [-0.1, -0.05) is 37.3 Å². The van der Waals surface area contributed by atoms with Gasteiger partial charge in [0.25, 0.3) is 0 Å². The van der Waals surface area contributed by atoms with Gasteiger partial charge < -0.3 is 10.4 Å². The summed E-state index contributed by atoms with van der Waals surface area (Å²) in [6.07, 6.45) is 1.08. The molecule has 18 heavy (non-hydrogen) atoms. The molecule has 2 rings (SSSR count). The predicted molar refractivity (Wildman–Crippen MR) is 74.4 cm³/mol. The number of benzene rings is 1. The standard InChI is InChI=1S/C15H24N2O/c1-2-16-15-11-17(9-8-14(15)12-18)10-13-6-4-3-5-7-13/h3-7,14-16,18H,2,8-12H2,1H3/t14-,15-/m0/s1. The molecule has 0 spiro atoms. The van der Waals surface area contributed by atoms with Gasteiger partial charge in [-0.25, -0.2) is 0 Å². The molecule has 0 amide bonds. The summed E-state index contributed by atoms with van der Waals surface area (Å²) >= 11 is 0. The van der Waals surface area contributed by atoms with E-state index in [1.165, 1.54) is 5.56 Å². The van der Waals surface area contributed by atoms with Gasteiger partial charge in [-0.3, -0.25) is 4.90 Å². The quantitative estimate of drug-likeness (QED) is 0.828. The fourth-order valence-electron chi connectivity index (χ4n) is 2.77. The van der Waals surface area contributed by atoms with Gasteiger partial charge in [-0.2, -0.15) is 0 Å². The van der Waals surface area contributed by atoms with Crippen molar-refractivity contribution in [2.75, 3.05) is 26.2 Å². The van der Waals surface area contributed by atoms with Gasteiger partial charge in [0.05, 0.1) is 0 Å². The molecule has 1 aromatic carbocycles. The zero-order chi connectivity index (χ0) is 12.8. The maximum atomic E-state index is 9.41. The lowest BCUT2D eigenvalue weighted by atomic mass is 9.92. The number of hydrogen-bond donors (Lipinski definition) is 2. The van der Waals surface area contributed by atoms with E-state index in [4.69, 9.17) is 0 Å². The second-order valence-electron chi connectivity index (χ2n) is 5.12. The Kier molecular flexibility index (Phi) is 5.17. The number of hydrogen-bond acceptors (Lipinski definition) is 3. The van der Waals surface area contributed by atoms with Crippen LogP contribution < -0.4 is 5.32 Å². The Morgan fingerprint density at radius 2 is 2.11 bits per heavy atom. The smallest absolute Gasteiger partial charge is 0.0475 e. The third-order valence-corrected chi connectivity index (χ3v) is 3.79. The van der Waals surface area contributed by atoms with Crippen LogP contribution in [0.15, 0.2) is 30.3 Å². The van der Waals surface area contributed by atoms with Crippen molar-refractivity contribution in [1.29, 1.82) is 0 Å². The molecular weight excluding hydrogens is 224 g/mol. The monoisotopic (exact) mass is 248 g/mol. The Hall–Kier alpha value is -0.900. The molecule has 1 aliphatic heterocycles. The minimum Gasteiger partial charge on any atom is -0.396 e. The van der Waals surface area contributed by atoms with Gasteiger partial charge in [0.1, 0.15) is 0 Å². The molecule has 0 aliphatic carbocycles. The summed E-state index contributed by atoms with van der Waals surface area (Å²) in [4.78, 5) is 2.48. The van der Waals surface area contributed by atoms with Crippen molar-refractivity contribution in [1.82, 2.24) is 10.2 Å². The molecule has 0 unspecified atom stereocenters. The van der Waals surface area contributed by atoms with E-state index >= 15 is 0 Å². The highest BCUT2D eigenvalue weighted by molar-refractivity contribution is 5.14. The normalized spacial score (nSPS) is 25.2. The summed E-state index contributed by atoms with van der Waals surface area (Å²) in [6.45, 7) is 6.54. The van der Waals surface area contributed by atoms with Gasteiger partial charge in [0, 0.05) is 25.7 Å². The summed E-state index contributed by atoms with van der Waals surface area (Å²) in [5.74, 6) is 0.414. The highest BCUT2D eigenvalue weighted by Crippen LogP contribution is 2.19. The van der Waals surface area contributed by atoms with Crippen molar-refractivity contribution in [2.45, 2.75) is 25.9 Å². The fourth-order valence-corrected chi connectivity index (χ4v) is 2.77. The van der Waals surface area contributed by atoms with Gasteiger partial charge in [-0.05, 0) is 31.0 Å². The minimum absolute atomic E-state index is 0.302. The van der Waals surface area contributed by atoms with Crippen molar-refractivity contribution in [3.8, 4) is 0 Å². The van der Waals surface area contributed by atoms with Crippen LogP contribution in [0.2, 0.25) is 0 Å². The summed E-state index contributed by atoms with van der Waals surface area (Å²) in [5, 5.41) is 12.9. The summed E-state index contributed by atoms with van der Waals surface area (Å²) in [5.41, 5.74) is 1.37. The fraction of sp³-hybridized carbons (Fsp3) is 0.600. The number of aliphatic hydroxyl groups excluding tert-OH is 1. The van der Waals surface area contributed by atoms with E-state index in [9.17, 15) is 5.11 Å². The van der Waals surface area contributed by atoms with Crippen LogP contribution in [-0.2, 0) is 6.54 Å². The Bertz CT molecular complexity index is 342. The third-order valence-electron chi connectivity index (χ3n) is 3.79. The first kappa shape index (κ1) is 13.5. The number of likely N-dealkylation sites (N-methyl/N-ethyl adjacent to an activating group) is 1. The molecule has 2 N–H and O–H groups in total. The first-order valence-corrected chi connectivity index (χ1v) is 6.94. The number of rotatable bonds is 5. The minimum atomic E-state index is 0.302. The maximum Gasteiger partial charge on any atom is 0.0475 e. The molecule has 1 fully saturated rings. The first-order valence-electron chi connectivity index (χ1n) is 6.94. The van der Waals surface area contributed by atoms with Crippen LogP contribution in [0.25, 0.3) is 0 Å². The van der Waals surface area contributed by atoms with Gasteiger partial charge in [0.2, 0.25) is 0 Å². The number of likely N-dealkylation sites (tertiary alicyclic amines) is 1. The van der Waals surface area contributed by atoms with Crippen LogP contribution in [0.3, 0.4) is 0 Å². The van der Waals surface area contributed by atoms with E-state index in [0.717, 1.165) is 32.6 Å². The molecule has 2 atom stereocenters. The molecule has 0 bridgehead atoms. The molecule has 0 aromatic heterocycles. The van der Waals surface area contributed by atoms with E-state index in [2.05, 4.69) is 47.5 Å². The molecule has 1 aromatic rings. The summed E-state index contributed by atoms with van der Waals surface area (Å²) in [7, 11) is 0. The molecule has 3 nitrogen and oxygen atoms in total. The van der Waals surface area contributed by atoms with E-state index in [1.807, 2.05) is 0 Å². The SMILES string of the molecule is CCN[C@H]1CN(Cc2ccccc2)CC[C@H]1CO. The topological polar surface area (TPSA) is 35.5 Å². The average Bonchev–Trinajstić information content (AvgIpc) is 2.41. The second-order valence-corrected chi connectivity index (χ2v) is 5.12. The highest BCUT2D eigenvalue weighted by Gasteiger charge is 2.27. The Labute approximate surface area is 110 Å². The molecule has 0 radical (unpaired) electrons. The molecular formula is C15H24N2O. The lowest BCUT2D eigenvalue weighted by Crippen LogP contribution is -2.51. The van der Waals surface area contributed by atoms with Gasteiger partial charge >= 0.3 is 0 Å². The van der Waals surface area contributed by atoms with Crippen molar-refractivity contribution >= 4 is 0 Å². The van der Waals surface area contributed by atoms with Gasteiger partial charge in [-0.15, -0.1) is 0 Å². The largest absolute Gasteiger partial charge is 0.396 e. The Morgan fingerprint density at radius 1 is 1.33 bits per heavy atom. The Balaban J connectivity index is 1.91. The van der Waals surface area contributed by atoms with E-state index in [-0.39, 0.29) is 0 Å². The summed E-state index contributed by atoms with van der Waals surface area (Å²) < 4.78 is 0. The van der Waals surface area contributed by atoms with Crippen molar-refractivity contribution in [2.24, 2.45) is 5.92 Å². The van der Waals surface area contributed by atoms with Gasteiger partial charge in [0.15, 0.2) is 0 Å². The predicted octanol–water partition coefficient (Wildman–Crippen LogP) is 1.48. The number of nitrogens with zero attached hydrogens (tertiary/aromatic N) is 1. The number of aliphatic hydroxyl groups is 1. The molecule has 0 saturated carbocycles. The molecule has 1 saturated heterocycles. The van der Waals surface area contributed by atoms with Crippen LogP contribution in [-0.4, -0.2) is 42.3 Å². The van der Waals surface area contributed by atoms with E-state index < -0.39 is 0 Å². The number of nitrogens with one attached hydrogen (secondary N) is 1. The first-order chi connectivity index (χ1) is 8.83. The van der Waals surface area contributed by atoms with E-state index in [1.54, 1.807) is 0 Å². The Morgan fingerprint density at radius 3 is 2.78 bits per heavy atom. The van der Waals surface area contributed by atoms with Crippen LogP contribution in [0.5, 0.6) is 0 Å². The average molecular weight is 248 g/mol. The summed E-state index contributed by atoms with van der Waals surface area (Å²) in [6, 6.07) is 11.0. The maximum absolute atomic E-state index is 9.41. The third kappa shape index (κ3) is 3.55. The van der Waals surface area contributed by atoms with Crippen LogP contribution in [0, 0.1) is 5.92 Å². The van der Waals surface area contributed by atoms with Crippen molar-refractivity contribution < 1.29 is 5.11 Å². The lowest BCUT2D eigenvalue weighted by Gasteiger charge is -2.38. The molecule has 1 heterocycles. The zero-order valence-corrected chi connectivity index (χ0v) is 11.2. The van der Waals surface area contributed by atoms with Crippen molar-refractivity contribution in [3.63, 3.8) is 0 Å². The van der Waals surface area contributed by atoms with E-state index in [0.29, 0.717) is 18.6 Å². The van der Waals surface area contributed by atoms with Crippen LogP contribution >= 0.6 is 0 Å². The molecule has 100 valence electrons. The van der Waals surface area contributed by atoms with Crippen LogP contribution in [0.4, 0.5) is 0 Å². The van der Waals surface area contributed by atoms with Crippen LogP contribution in [0.1, 0.15) is 18.9 Å². The second kappa shape index (κ2) is 6.88. The molecule has 3 heteroatoms. The van der Waals surface area contributed by atoms with Crippen molar-refractivity contribution in [3.05, 3.63) is 35.9 Å². The molecule has 1 aliphatic rings. The number of piperidine rings is 1. The zero-order valence-electron chi connectivity index (χ0n) is 11.2. The lowest BCUT2D eigenvalue weighted by molar-refractivity contribution is 0.0923.